The number of halogens is 3. The monoisotopic (exact) mass is 361 g/mol. The first-order valence-electron chi connectivity index (χ1n) is 7.55. The van der Waals surface area contributed by atoms with E-state index in [1.165, 1.54) is 36.2 Å². The van der Waals surface area contributed by atoms with Crippen LogP contribution in [0.2, 0.25) is 0 Å². The zero-order valence-corrected chi connectivity index (χ0v) is 13.6. The maximum atomic E-state index is 13.0. The van der Waals surface area contributed by atoms with E-state index < -0.39 is 17.6 Å². The SMILES string of the molecule is COc1ccc(C(=O)Nc2cc(C(F)(F)F)ccc2-n2cccn2)cc1. The van der Waals surface area contributed by atoms with E-state index in [-0.39, 0.29) is 11.3 Å². The van der Waals surface area contributed by atoms with Gasteiger partial charge in [-0.1, -0.05) is 0 Å². The van der Waals surface area contributed by atoms with Crippen molar-refractivity contribution in [2.45, 2.75) is 6.18 Å². The van der Waals surface area contributed by atoms with E-state index in [4.69, 9.17) is 4.74 Å². The summed E-state index contributed by atoms with van der Waals surface area (Å²) in [6.07, 6.45) is -1.46. The molecule has 3 rings (SSSR count). The maximum Gasteiger partial charge on any atom is 0.416 e. The van der Waals surface area contributed by atoms with Crippen molar-refractivity contribution >= 4 is 11.6 Å². The molecule has 0 atom stereocenters. The lowest BCUT2D eigenvalue weighted by molar-refractivity contribution is -0.137. The molecule has 26 heavy (non-hydrogen) atoms. The fraction of sp³-hybridized carbons (Fsp3) is 0.111. The number of rotatable bonds is 4. The molecular weight excluding hydrogens is 347 g/mol. The van der Waals surface area contributed by atoms with Crippen molar-refractivity contribution in [1.29, 1.82) is 0 Å². The number of benzene rings is 2. The number of aromatic nitrogens is 2. The van der Waals surface area contributed by atoms with E-state index in [1.54, 1.807) is 24.4 Å². The third-order valence-corrected chi connectivity index (χ3v) is 3.68. The Bertz CT molecular complexity index is 904. The highest BCUT2D eigenvalue weighted by atomic mass is 19.4. The van der Waals surface area contributed by atoms with Gasteiger partial charge in [0.1, 0.15) is 5.75 Å². The molecule has 0 aliphatic rings. The van der Waals surface area contributed by atoms with Crippen molar-refractivity contribution in [3.8, 4) is 11.4 Å². The Kier molecular flexibility index (Phi) is 4.66. The number of anilines is 1. The Morgan fingerprint density at radius 3 is 2.46 bits per heavy atom. The summed E-state index contributed by atoms with van der Waals surface area (Å²) in [4.78, 5) is 12.4. The van der Waals surface area contributed by atoms with Crippen LogP contribution >= 0.6 is 0 Å². The fourth-order valence-corrected chi connectivity index (χ4v) is 2.36. The summed E-state index contributed by atoms with van der Waals surface area (Å²) < 4.78 is 45.5. The van der Waals surface area contributed by atoms with Gasteiger partial charge in [0.15, 0.2) is 0 Å². The molecule has 0 fully saturated rings. The lowest BCUT2D eigenvalue weighted by Gasteiger charge is -2.15. The number of carbonyl (C=O) groups excluding carboxylic acids is 1. The predicted octanol–water partition coefficient (Wildman–Crippen LogP) is 4.15. The highest BCUT2D eigenvalue weighted by Gasteiger charge is 2.31. The molecule has 0 saturated heterocycles. The smallest absolute Gasteiger partial charge is 0.416 e. The standard InChI is InChI=1S/C18H14F3N3O2/c1-26-14-6-3-12(4-7-14)17(25)23-15-11-13(18(19,20)21)5-8-16(15)24-10-2-9-22-24/h2-11H,1H3,(H,23,25). The summed E-state index contributed by atoms with van der Waals surface area (Å²) in [5, 5.41) is 6.53. The van der Waals surface area contributed by atoms with Crippen molar-refractivity contribution in [3.63, 3.8) is 0 Å². The molecule has 0 aliphatic carbocycles. The van der Waals surface area contributed by atoms with Crippen LogP contribution in [0.15, 0.2) is 60.9 Å². The van der Waals surface area contributed by atoms with Crippen LogP contribution in [0, 0.1) is 0 Å². The van der Waals surface area contributed by atoms with Gasteiger partial charge < -0.3 is 10.1 Å². The molecule has 0 saturated carbocycles. The molecule has 0 radical (unpaired) electrons. The Balaban J connectivity index is 1.96. The number of hydrogen-bond acceptors (Lipinski definition) is 3. The molecule has 1 aromatic heterocycles. The van der Waals surface area contributed by atoms with Gasteiger partial charge in [-0.3, -0.25) is 4.79 Å². The van der Waals surface area contributed by atoms with Crippen LogP contribution in [-0.2, 0) is 6.18 Å². The molecule has 2 aromatic carbocycles. The van der Waals surface area contributed by atoms with Gasteiger partial charge in [0.25, 0.3) is 5.91 Å². The maximum absolute atomic E-state index is 13.0. The van der Waals surface area contributed by atoms with Crippen LogP contribution in [0.3, 0.4) is 0 Å². The number of amides is 1. The van der Waals surface area contributed by atoms with Crippen LogP contribution in [0.5, 0.6) is 5.75 Å². The van der Waals surface area contributed by atoms with Crippen LogP contribution in [-0.4, -0.2) is 22.8 Å². The Morgan fingerprint density at radius 1 is 1.15 bits per heavy atom. The number of alkyl halides is 3. The molecule has 1 amide bonds. The highest BCUT2D eigenvalue weighted by Crippen LogP contribution is 2.33. The molecule has 134 valence electrons. The van der Waals surface area contributed by atoms with E-state index in [0.29, 0.717) is 11.4 Å². The minimum Gasteiger partial charge on any atom is -0.497 e. The molecule has 1 N–H and O–H groups in total. The van der Waals surface area contributed by atoms with Crippen molar-refractivity contribution < 1.29 is 22.7 Å². The Morgan fingerprint density at radius 2 is 1.88 bits per heavy atom. The number of carbonyl (C=O) groups is 1. The molecule has 3 aromatic rings. The number of methoxy groups -OCH3 is 1. The summed E-state index contributed by atoms with van der Waals surface area (Å²) >= 11 is 0. The van der Waals surface area contributed by atoms with Gasteiger partial charge >= 0.3 is 6.18 Å². The zero-order chi connectivity index (χ0) is 18.7. The summed E-state index contributed by atoms with van der Waals surface area (Å²) in [6, 6.07) is 11.0. The van der Waals surface area contributed by atoms with Crippen molar-refractivity contribution in [3.05, 3.63) is 72.1 Å². The molecule has 5 nitrogen and oxygen atoms in total. The first-order valence-corrected chi connectivity index (χ1v) is 7.55. The molecule has 1 heterocycles. The summed E-state index contributed by atoms with van der Waals surface area (Å²) in [6.45, 7) is 0. The van der Waals surface area contributed by atoms with Gasteiger partial charge in [-0.15, -0.1) is 0 Å². The third-order valence-electron chi connectivity index (χ3n) is 3.68. The number of hydrogen-bond donors (Lipinski definition) is 1. The molecule has 0 bridgehead atoms. The second-order valence-corrected chi connectivity index (χ2v) is 5.36. The average molecular weight is 361 g/mol. The minimum atomic E-state index is -4.53. The van der Waals surface area contributed by atoms with Gasteiger partial charge in [0, 0.05) is 18.0 Å². The van der Waals surface area contributed by atoms with Crippen molar-refractivity contribution in [1.82, 2.24) is 9.78 Å². The first-order chi connectivity index (χ1) is 12.4. The van der Waals surface area contributed by atoms with Gasteiger partial charge in [-0.05, 0) is 48.5 Å². The molecule has 0 unspecified atom stereocenters. The van der Waals surface area contributed by atoms with Gasteiger partial charge in [-0.2, -0.15) is 18.3 Å². The lowest BCUT2D eigenvalue weighted by atomic mass is 10.1. The van der Waals surface area contributed by atoms with Gasteiger partial charge in [0.05, 0.1) is 24.0 Å². The largest absolute Gasteiger partial charge is 0.497 e. The fourth-order valence-electron chi connectivity index (χ4n) is 2.36. The molecule has 0 spiro atoms. The number of nitrogens with one attached hydrogen (secondary N) is 1. The number of ether oxygens (including phenoxy) is 1. The van der Waals surface area contributed by atoms with Gasteiger partial charge in [0.2, 0.25) is 0 Å². The average Bonchev–Trinajstić information content (AvgIpc) is 3.15. The summed E-state index contributed by atoms with van der Waals surface area (Å²) in [5.74, 6) is 0.0261. The normalized spacial score (nSPS) is 11.2. The van der Waals surface area contributed by atoms with Crippen LogP contribution in [0.4, 0.5) is 18.9 Å². The quantitative estimate of drug-likeness (QED) is 0.759. The van der Waals surface area contributed by atoms with Crippen LogP contribution < -0.4 is 10.1 Å². The topological polar surface area (TPSA) is 56.1 Å². The first kappa shape index (κ1) is 17.5. The number of nitrogens with zero attached hydrogens (tertiary/aromatic N) is 2. The Hall–Kier alpha value is -3.29. The summed E-state index contributed by atoms with van der Waals surface area (Å²) in [5.41, 5.74) is -0.248. The zero-order valence-electron chi connectivity index (χ0n) is 13.6. The third kappa shape index (κ3) is 3.69. The van der Waals surface area contributed by atoms with E-state index in [1.807, 2.05) is 0 Å². The Labute approximate surface area is 147 Å². The van der Waals surface area contributed by atoms with E-state index in [9.17, 15) is 18.0 Å². The van der Waals surface area contributed by atoms with Crippen LogP contribution in [0.25, 0.3) is 5.69 Å². The summed E-state index contributed by atoms with van der Waals surface area (Å²) in [7, 11) is 1.49. The van der Waals surface area contributed by atoms with Crippen molar-refractivity contribution in [2.75, 3.05) is 12.4 Å². The lowest BCUT2D eigenvalue weighted by Crippen LogP contribution is -2.15. The van der Waals surface area contributed by atoms with E-state index in [0.717, 1.165) is 12.1 Å². The van der Waals surface area contributed by atoms with Gasteiger partial charge in [-0.25, -0.2) is 4.68 Å². The highest BCUT2D eigenvalue weighted by molar-refractivity contribution is 6.05. The van der Waals surface area contributed by atoms with E-state index >= 15 is 0 Å². The van der Waals surface area contributed by atoms with Crippen LogP contribution in [0.1, 0.15) is 15.9 Å². The predicted molar refractivity (Wildman–Crippen MR) is 89.5 cm³/mol. The minimum absolute atomic E-state index is 0.00402. The molecule has 0 aliphatic heterocycles. The second-order valence-electron chi connectivity index (χ2n) is 5.36. The van der Waals surface area contributed by atoms with E-state index in [2.05, 4.69) is 10.4 Å². The second kappa shape index (κ2) is 6.91. The molecular formula is C18H14F3N3O2. The van der Waals surface area contributed by atoms with Crippen molar-refractivity contribution in [2.24, 2.45) is 0 Å². The molecule has 8 heteroatoms.